The van der Waals surface area contributed by atoms with Crippen LogP contribution in [0.1, 0.15) is 11.1 Å². The van der Waals surface area contributed by atoms with Crippen LogP contribution in [0.2, 0.25) is 0 Å². The lowest BCUT2D eigenvalue weighted by Crippen LogP contribution is -2.23. The molecule has 2 N–H and O–H groups in total. The zero-order chi connectivity index (χ0) is 14.3. The van der Waals surface area contributed by atoms with Gasteiger partial charge in [-0.3, -0.25) is 14.8 Å². The van der Waals surface area contributed by atoms with Crippen LogP contribution in [0, 0.1) is 22.7 Å². The Morgan fingerprint density at radius 3 is 2.15 bits per heavy atom. The third kappa shape index (κ3) is 1.61. The molecule has 0 radical (unpaired) electrons. The maximum atomic E-state index is 11.6. The van der Waals surface area contributed by atoms with Gasteiger partial charge in [0, 0.05) is 0 Å². The highest BCUT2D eigenvalue weighted by atomic mass is 16.2. The molecule has 94 valence electrons. The molecule has 2 heterocycles. The molecular formula is C12H4N6O2. The van der Waals surface area contributed by atoms with Crippen molar-refractivity contribution in [2.75, 3.05) is 0 Å². The van der Waals surface area contributed by atoms with Crippen LogP contribution in [0.5, 0.6) is 0 Å². The van der Waals surface area contributed by atoms with Gasteiger partial charge in [0.2, 0.25) is 0 Å². The summed E-state index contributed by atoms with van der Waals surface area (Å²) in [4.78, 5) is 35.4. The van der Waals surface area contributed by atoms with Crippen LogP contribution in [0.4, 0.5) is 0 Å². The van der Waals surface area contributed by atoms with Crippen molar-refractivity contribution in [2.24, 2.45) is 0 Å². The molecular weight excluding hydrogens is 260 g/mol. The molecule has 20 heavy (non-hydrogen) atoms. The zero-order valence-electron chi connectivity index (χ0n) is 9.76. The number of rotatable bonds is 0. The number of hydrogen-bond acceptors (Lipinski definition) is 6. The summed E-state index contributed by atoms with van der Waals surface area (Å²) in [6, 6.07) is 6.52. The molecule has 0 bridgehead atoms. The lowest BCUT2D eigenvalue weighted by atomic mass is 10.1. The molecule has 0 aliphatic heterocycles. The molecule has 0 aliphatic carbocycles. The summed E-state index contributed by atoms with van der Waals surface area (Å²) in [5.74, 6) is 0. The first-order chi connectivity index (χ1) is 9.62. The van der Waals surface area contributed by atoms with Gasteiger partial charge in [-0.05, 0) is 12.1 Å². The molecule has 0 amide bonds. The summed E-state index contributed by atoms with van der Waals surface area (Å²) in [5, 5.41) is 17.9. The van der Waals surface area contributed by atoms with Crippen molar-refractivity contribution in [3.63, 3.8) is 0 Å². The van der Waals surface area contributed by atoms with Crippen LogP contribution in [-0.2, 0) is 0 Å². The number of aromatic nitrogens is 4. The van der Waals surface area contributed by atoms with Gasteiger partial charge in [0.25, 0.3) is 5.56 Å². The number of nitriles is 2. The van der Waals surface area contributed by atoms with E-state index in [1.165, 1.54) is 12.1 Å². The second-order valence-corrected chi connectivity index (χ2v) is 3.94. The van der Waals surface area contributed by atoms with Crippen LogP contribution in [0.25, 0.3) is 22.2 Å². The zero-order valence-corrected chi connectivity index (χ0v) is 9.76. The predicted molar refractivity (Wildman–Crippen MR) is 67.7 cm³/mol. The predicted octanol–water partition coefficient (Wildman–Crippen LogP) is -0.0970. The molecule has 0 spiro atoms. The fraction of sp³-hybridized carbons (Fsp3) is 0. The second kappa shape index (κ2) is 4.00. The molecule has 3 aromatic rings. The number of benzene rings is 1. The van der Waals surface area contributed by atoms with Gasteiger partial charge in [0.1, 0.15) is 12.1 Å². The highest BCUT2D eigenvalue weighted by Gasteiger charge is 2.10. The molecule has 0 atom stereocenters. The van der Waals surface area contributed by atoms with E-state index in [9.17, 15) is 9.59 Å². The Labute approximate surface area is 110 Å². The van der Waals surface area contributed by atoms with Gasteiger partial charge in [-0.15, -0.1) is 0 Å². The van der Waals surface area contributed by atoms with E-state index >= 15 is 0 Å². The monoisotopic (exact) mass is 264 g/mol. The SMILES string of the molecule is N#Cc1cc2nc3[nH]c(=O)[nH]c(=O)c3nc2cc1C#N. The Bertz CT molecular complexity index is 1060. The topological polar surface area (TPSA) is 139 Å². The van der Waals surface area contributed by atoms with Crippen LogP contribution in [-0.4, -0.2) is 19.9 Å². The van der Waals surface area contributed by atoms with E-state index in [1.54, 1.807) is 0 Å². The summed E-state index contributed by atoms with van der Waals surface area (Å²) in [7, 11) is 0. The number of hydrogen-bond donors (Lipinski definition) is 2. The molecule has 0 unspecified atom stereocenters. The highest BCUT2D eigenvalue weighted by molar-refractivity contribution is 5.85. The van der Waals surface area contributed by atoms with Gasteiger partial charge in [0.15, 0.2) is 11.2 Å². The van der Waals surface area contributed by atoms with Gasteiger partial charge in [0.05, 0.1) is 22.2 Å². The minimum absolute atomic E-state index is 0.0276. The Morgan fingerprint density at radius 2 is 1.55 bits per heavy atom. The molecule has 0 fully saturated rings. The van der Waals surface area contributed by atoms with E-state index in [0.29, 0.717) is 11.0 Å². The Balaban J connectivity index is 2.53. The van der Waals surface area contributed by atoms with Gasteiger partial charge in [-0.1, -0.05) is 0 Å². The average Bonchev–Trinajstić information content (AvgIpc) is 2.44. The number of fused-ring (bicyclic) bond motifs is 2. The number of H-pyrrole nitrogens is 2. The Morgan fingerprint density at radius 1 is 0.950 bits per heavy atom. The molecule has 2 aromatic heterocycles. The third-order valence-corrected chi connectivity index (χ3v) is 2.72. The summed E-state index contributed by atoms with van der Waals surface area (Å²) in [6.07, 6.45) is 0. The molecule has 8 nitrogen and oxygen atoms in total. The van der Waals surface area contributed by atoms with E-state index in [4.69, 9.17) is 10.5 Å². The smallest absolute Gasteiger partial charge is 0.290 e. The van der Waals surface area contributed by atoms with Gasteiger partial charge in [-0.2, -0.15) is 10.5 Å². The number of aromatic amines is 2. The normalized spacial score (nSPS) is 10.3. The first-order valence-electron chi connectivity index (χ1n) is 5.40. The van der Waals surface area contributed by atoms with Gasteiger partial charge >= 0.3 is 5.69 Å². The van der Waals surface area contributed by atoms with Crippen molar-refractivity contribution >= 4 is 22.2 Å². The minimum atomic E-state index is -0.690. The van der Waals surface area contributed by atoms with E-state index in [0.717, 1.165) is 0 Å². The lowest BCUT2D eigenvalue weighted by Gasteiger charge is -2.01. The first-order valence-corrected chi connectivity index (χ1v) is 5.40. The van der Waals surface area contributed by atoms with Crippen LogP contribution in [0.15, 0.2) is 21.7 Å². The van der Waals surface area contributed by atoms with Crippen LogP contribution >= 0.6 is 0 Å². The molecule has 0 saturated heterocycles. The molecule has 0 saturated carbocycles. The molecule has 0 aliphatic rings. The third-order valence-electron chi connectivity index (χ3n) is 2.72. The van der Waals surface area contributed by atoms with Gasteiger partial charge < -0.3 is 0 Å². The molecule has 3 rings (SSSR count). The summed E-state index contributed by atoms with van der Waals surface area (Å²) >= 11 is 0. The van der Waals surface area contributed by atoms with E-state index in [1.807, 2.05) is 17.1 Å². The van der Waals surface area contributed by atoms with Crippen LogP contribution < -0.4 is 11.2 Å². The maximum Gasteiger partial charge on any atom is 0.327 e. The highest BCUT2D eigenvalue weighted by Crippen LogP contribution is 2.17. The quantitative estimate of drug-likeness (QED) is 0.543. The molecule has 8 heteroatoms. The van der Waals surface area contributed by atoms with Crippen LogP contribution in [0.3, 0.4) is 0 Å². The average molecular weight is 264 g/mol. The van der Waals surface area contributed by atoms with Crippen molar-refractivity contribution in [2.45, 2.75) is 0 Å². The summed E-state index contributed by atoms with van der Waals surface area (Å²) in [5.41, 5.74) is -0.452. The van der Waals surface area contributed by atoms with Crippen molar-refractivity contribution < 1.29 is 0 Å². The van der Waals surface area contributed by atoms with E-state index in [2.05, 4.69) is 15.0 Å². The van der Waals surface area contributed by atoms with E-state index in [-0.39, 0.29) is 22.3 Å². The largest absolute Gasteiger partial charge is 0.327 e. The Hall–Kier alpha value is -3.52. The number of nitrogens with zero attached hydrogens (tertiary/aromatic N) is 4. The van der Waals surface area contributed by atoms with Crippen molar-refractivity contribution in [3.8, 4) is 12.1 Å². The fourth-order valence-electron chi connectivity index (χ4n) is 1.83. The lowest BCUT2D eigenvalue weighted by molar-refractivity contribution is 1.05. The van der Waals surface area contributed by atoms with Crippen molar-refractivity contribution in [1.82, 2.24) is 19.9 Å². The molecule has 1 aromatic carbocycles. The van der Waals surface area contributed by atoms with Crippen molar-refractivity contribution in [1.29, 1.82) is 10.5 Å². The number of nitrogens with one attached hydrogen (secondary N) is 2. The maximum absolute atomic E-state index is 11.6. The van der Waals surface area contributed by atoms with Gasteiger partial charge in [-0.25, -0.2) is 14.8 Å². The first kappa shape index (κ1) is 11.6. The summed E-state index contributed by atoms with van der Waals surface area (Å²) < 4.78 is 0. The Kier molecular flexibility index (Phi) is 2.31. The summed E-state index contributed by atoms with van der Waals surface area (Å²) in [6.45, 7) is 0. The van der Waals surface area contributed by atoms with Crippen molar-refractivity contribution in [3.05, 3.63) is 44.1 Å². The standard InChI is InChI=1S/C12H4N6O2/c13-3-5-1-7-8(2-6(5)4-14)16-10-9(15-7)11(19)18-12(20)17-10/h1-2H,(H2,16,17,18,19,20). The minimum Gasteiger partial charge on any atom is -0.290 e. The second-order valence-electron chi connectivity index (χ2n) is 3.94. The van der Waals surface area contributed by atoms with E-state index < -0.39 is 11.2 Å². The fourth-order valence-corrected chi connectivity index (χ4v) is 1.83.